The minimum absolute atomic E-state index is 0.0548. The van der Waals surface area contributed by atoms with Gasteiger partial charge >= 0.3 is 0 Å². The molecule has 1 aromatic rings. The van der Waals surface area contributed by atoms with Crippen LogP contribution in [-0.4, -0.2) is 29.9 Å². The van der Waals surface area contributed by atoms with Gasteiger partial charge in [0.15, 0.2) is 9.84 Å². The lowest BCUT2D eigenvalue weighted by atomic mass is 10.1. The van der Waals surface area contributed by atoms with Gasteiger partial charge in [-0.3, -0.25) is 0 Å². The van der Waals surface area contributed by atoms with Crippen LogP contribution in [0.2, 0.25) is 0 Å². The minimum Gasteiger partial charge on any atom is -0.324 e. The summed E-state index contributed by atoms with van der Waals surface area (Å²) in [4.78, 5) is 8.64. The number of rotatable bonds is 2. The Balaban J connectivity index is 2.27. The highest BCUT2D eigenvalue weighted by Gasteiger charge is 2.31. The number of sulfone groups is 1. The van der Waals surface area contributed by atoms with Gasteiger partial charge in [0.2, 0.25) is 0 Å². The molecule has 1 fully saturated rings. The molecule has 1 saturated heterocycles. The largest absolute Gasteiger partial charge is 0.324 e. The molecule has 94 valence electrons. The Morgan fingerprint density at radius 2 is 2.24 bits per heavy atom. The minimum atomic E-state index is -2.89. The SMILES string of the molecule is Cc1nc(C2CCS(=O)(=O)C2)ncc1[C@H](C)N. The zero-order chi connectivity index (χ0) is 12.6. The summed E-state index contributed by atoms with van der Waals surface area (Å²) in [6.45, 7) is 3.76. The third kappa shape index (κ3) is 2.63. The van der Waals surface area contributed by atoms with E-state index in [9.17, 15) is 8.42 Å². The summed E-state index contributed by atoms with van der Waals surface area (Å²) < 4.78 is 22.8. The summed E-state index contributed by atoms with van der Waals surface area (Å²) in [6.07, 6.45) is 2.34. The molecule has 1 aliphatic rings. The van der Waals surface area contributed by atoms with E-state index in [2.05, 4.69) is 9.97 Å². The van der Waals surface area contributed by atoms with Gasteiger partial charge in [-0.15, -0.1) is 0 Å². The molecule has 0 saturated carbocycles. The fourth-order valence-corrected chi connectivity index (χ4v) is 3.88. The average molecular weight is 255 g/mol. The molecule has 0 spiro atoms. The molecule has 0 radical (unpaired) electrons. The highest BCUT2D eigenvalue weighted by molar-refractivity contribution is 7.91. The van der Waals surface area contributed by atoms with Crippen molar-refractivity contribution in [1.29, 1.82) is 0 Å². The molecule has 2 atom stereocenters. The van der Waals surface area contributed by atoms with Crippen LogP contribution in [-0.2, 0) is 9.84 Å². The van der Waals surface area contributed by atoms with Crippen LogP contribution in [0.5, 0.6) is 0 Å². The third-order valence-corrected chi connectivity index (χ3v) is 4.89. The van der Waals surface area contributed by atoms with E-state index in [0.717, 1.165) is 11.3 Å². The van der Waals surface area contributed by atoms with Gasteiger partial charge in [0.05, 0.1) is 11.5 Å². The fourth-order valence-electron chi connectivity index (χ4n) is 2.14. The second-order valence-corrected chi connectivity index (χ2v) is 6.89. The van der Waals surface area contributed by atoms with Crippen LogP contribution in [0.25, 0.3) is 0 Å². The molecule has 0 amide bonds. The van der Waals surface area contributed by atoms with E-state index in [1.165, 1.54) is 0 Å². The van der Waals surface area contributed by atoms with Crippen LogP contribution in [0, 0.1) is 6.92 Å². The first-order chi connectivity index (χ1) is 7.89. The monoisotopic (exact) mass is 255 g/mol. The molecule has 1 aromatic heterocycles. The van der Waals surface area contributed by atoms with Crippen molar-refractivity contribution < 1.29 is 8.42 Å². The van der Waals surface area contributed by atoms with Crippen molar-refractivity contribution in [3.05, 3.63) is 23.3 Å². The molecule has 0 bridgehead atoms. The molecule has 5 nitrogen and oxygen atoms in total. The Hall–Kier alpha value is -1.01. The predicted molar refractivity (Wildman–Crippen MR) is 65.4 cm³/mol. The van der Waals surface area contributed by atoms with Crippen LogP contribution in [0.3, 0.4) is 0 Å². The van der Waals surface area contributed by atoms with E-state index >= 15 is 0 Å². The van der Waals surface area contributed by atoms with Crippen LogP contribution in [0.4, 0.5) is 0 Å². The molecule has 6 heteroatoms. The smallest absolute Gasteiger partial charge is 0.151 e. The highest BCUT2D eigenvalue weighted by atomic mass is 32.2. The fraction of sp³-hybridized carbons (Fsp3) is 0.636. The van der Waals surface area contributed by atoms with Crippen molar-refractivity contribution in [3.63, 3.8) is 0 Å². The molecular weight excluding hydrogens is 238 g/mol. The topological polar surface area (TPSA) is 85.9 Å². The van der Waals surface area contributed by atoms with Crippen molar-refractivity contribution in [1.82, 2.24) is 9.97 Å². The summed E-state index contributed by atoms with van der Waals surface area (Å²) >= 11 is 0. The maximum absolute atomic E-state index is 11.4. The van der Waals surface area contributed by atoms with Crippen LogP contribution in [0.1, 0.15) is 42.4 Å². The number of nitrogens with zero attached hydrogens (tertiary/aromatic N) is 2. The van der Waals surface area contributed by atoms with Crippen LogP contribution >= 0.6 is 0 Å². The molecule has 17 heavy (non-hydrogen) atoms. The Kier molecular flexibility index (Phi) is 3.18. The van der Waals surface area contributed by atoms with Crippen molar-refractivity contribution >= 4 is 9.84 Å². The van der Waals surface area contributed by atoms with Gasteiger partial charge in [0.25, 0.3) is 0 Å². The van der Waals surface area contributed by atoms with Crippen LogP contribution < -0.4 is 5.73 Å². The lowest BCUT2D eigenvalue weighted by Crippen LogP contribution is -2.13. The number of hydrogen-bond donors (Lipinski definition) is 1. The molecule has 2 rings (SSSR count). The summed E-state index contributed by atoms with van der Waals surface area (Å²) in [5.41, 5.74) is 7.54. The Labute approximate surface area is 101 Å². The Bertz CT molecular complexity index is 526. The zero-order valence-corrected chi connectivity index (χ0v) is 10.9. The zero-order valence-electron chi connectivity index (χ0n) is 10.0. The highest BCUT2D eigenvalue weighted by Crippen LogP contribution is 2.27. The molecule has 1 aliphatic heterocycles. The molecule has 2 N–H and O–H groups in total. The normalized spacial score (nSPS) is 24.8. The van der Waals surface area contributed by atoms with E-state index in [4.69, 9.17) is 5.73 Å². The standard InChI is InChI=1S/C11H17N3O2S/c1-7(12)10-5-13-11(14-8(10)2)9-3-4-17(15,16)6-9/h5,7,9H,3-4,6,12H2,1-2H3/t7-,9?/m0/s1. The maximum atomic E-state index is 11.4. The summed E-state index contributed by atoms with van der Waals surface area (Å²) in [5.74, 6) is 0.993. The molecule has 1 unspecified atom stereocenters. The number of aryl methyl sites for hydroxylation is 1. The first-order valence-corrected chi connectivity index (χ1v) is 7.50. The lowest BCUT2D eigenvalue weighted by molar-refractivity contribution is 0.601. The molecule has 2 heterocycles. The second-order valence-electron chi connectivity index (χ2n) is 4.66. The van der Waals surface area contributed by atoms with Gasteiger partial charge < -0.3 is 5.73 Å². The Morgan fingerprint density at radius 1 is 1.53 bits per heavy atom. The van der Waals surface area contributed by atoms with Gasteiger partial charge in [-0.05, 0) is 20.3 Å². The van der Waals surface area contributed by atoms with Crippen LogP contribution in [0.15, 0.2) is 6.20 Å². The summed E-state index contributed by atoms with van der Waals surface area (Å²) in [5, 5.41) is 0. The molecule has 0 aromatic carbocycles. The van der Waals surface area contributed by atoms with Crippen molar-refractivity contribution in [2.24, 2.45) is 5.73 Å². The first-order valence-electron chi connectivity index (χ1n) is 5.68. The maximum Gasteiger partial charge on any atom is 0.151 e. The van der Waals surface area contributed by atoms with Gasteiger partial charge in [0, 0.05) is 29.4 Å². The predicted octanol–water partition coefficient (Wildman–Crippen LogP) is 0.707. The van der Waals surface area contributed by atoms with Crippen molar-refractivity contribution in [2.75, 3.05) is 11.5 Å². The summed E-state index contributed by atoms with van der Waals surface area (Å²) in [7, 11) is -2.89. The van der Waals surface area contributed by atoms with Gasteiger partial charge in [-0.2, -0.15) is 0 Å². The van der Waals surface area contributed by atoms with E-state index in [-0.39, 0.29) is 23.5 Å². The number of aromatic nitrogens is 2. The van der Waals surface area contributed by atoms with Gasteiger partial charge in [0.1, 0.15) is 5.82 Å². The molecular formula is C11H17N3O2S. The first kappa shape index (κ1) is 12.4. The average Bonchev–Trinajstić information content (AvgIpc) is 2.58. The van der Waals surface area contributed by atoms with Crippen molar-refractivity contribution in [2.45, 2.75) is 32.2 Å². The summed E-state index contributed by atoms with van der Waals surface area (Å²) in [6, 6.07) is -0.101. The van der Waals surface area contributed by atoms with E-state index in [1.54, 1.807) is 6.20 Å². The van der Waals surface area contributed by atoms with E-state index in [0.29, 0.717) is 12.2 Å². The quantitative estimate of drug-likeness (QED) is 0.841. The third-order valence-electron chi connectivity index (χ3n) is 3.12. The molecule has 0 aliphatic carbocycles. The van der Waals surface area contributed by atoms with E-state index in [1.807, 2.05) is 13.8 Å². The number of nitrogens with two attached hydrogens (primary N) is 1. The second kappa shape index (κ2) is 4.34. The van der Waals surface area contributed by atoms with Gasteiger partial charge in [-0.1, -0.05) is 0 Å². The number of hydrogen-bond acceptors (Lipinski definition) is 5. The van der Waals surface area contributed by atoms with Crippen molar-refractivity contribution in [3.8, 4) is 0 Å². The van der Waals surface area contributed by atoms with E-state index < -0.39 is 9.84 Å². The lowest BCUT2D eigenvalue weighted by Gasteiger charge is -2.12. The van der Waals surface area contributed by atoms with Gasteiger partial charge in [-0.25, -0.2) is 18.4 Å². The Morgan fingerprint density at radius 3 is 2.71 bits per heavy atom.